The normalized spacial score (nSPS) is 14.1. The maximum Gasteiger partial charge on any atom is 0.310 e. The fraction of sp³-hybridized carbons (Fsp3) is 0.588. The summed E-state index contributed by atoms with van der Waals surface area (Å²) in [6.45, 7) is 6.36. The number of carboxylic acid groups (broad SMARTS) is 1. The maximum absolute atomic E-state index is 11.5. The van der Waals surface area contributed by atoms with E-state index in [1.54, 1.807) is 0 Å². The van der Waals surface area contributed by atoms with Crippen LogP contribution < -0.4 is 0 Å². The molecule has 1 N–H and O–H groups in total. The molecule has 0 spiro atoms. The Morgan fingerprint density at radius 3 is 2.58 bits per heavy atom. The highest BCUT2D eigenvalue weighted by Gasteiger charge is 2.23. The second kappa shape index (κ2) is 7.98. The standard InChI is InChI=1S/C17H26O2/c1-4-6-9-14(5-2)12-16(17(18)19)15-10-7-8-13(3)11-15/h7-8,10-11,14,16H,4-6,9,12H2,1-3H3,(H,18,19). The van der Waals surface area contributed by atoms with E-state index in [0.29, 0.717) is 5.92 Å². The van der Waals surface area contributed by atoms with E-state index in [2.05, 4.69) is 13.8 Å². The molecule has 2 heteroatoms. The molecular formula is C17H26O2. The van der Waals surface area contributed by atoms with Gasteiger partial charge in [0.05, 0.1) is 5.92 Å². The van der Waals surface area contributed by atoms with Crippen LogP contribution in [0.5, 0.6) is 0 Å². The van der Waals surface area contributed by atoms with E-state index >= 15 is 0 Å². The predicted molar refractivity (Wildman–Crippen MR) is 79.5 cm³/mol. The largest absolute Gasteiger partial charge is 0.481 e. The fourth-order valence-electron chi connectivity index (χ4n) is 2.58. The Labute approximate surface area is 116 Å². The van der Waals surface area contributed by atoms with Gasteiger partial charge in [-0.15, -0.1) is 0 Å². The number of aliphatic carboxylic acids is 1. The van der Waals surface area contributed by atoms with Crippen molar-refractivity contribution in [1.29, 1.82) is 0 Å². The van der Waals surface area contributed by atoms with Crippen molar-refractivity contribution in [2.45, 2.75) is 58.8 Å². The lowest BCUT2D eigenvalue weighted by Gasteiger charge is -2.20. The minimum atomic E-state index is -0.694. The first-order valence-electron chi connectivity index (χ1n) is 7.37. The summed E-state index contributed by atoms with van der Waals surface area (Å²) >= 11 is 0. The van der Waals surface area contributed by atoms with Gasteiger partial charge in [0.25, 0.3) is 0 Å². The molecule has 19 heavy (non-hydrogen) atoms. The quantitative estimate of drug-likeness (QED) is 0.732. The van der Waals surface area contributed by atoms with Gasteiger partial charge in [-0.05, 0) is 24.8 Å². The summed E-state index contributed by atoms with van der Waals surface area (Å²) in [6.07, 6.45) is 5.34. The van der Waals surface area contributed by atoms with Gasteiger partial charge in [-0.2, -0.15) is 0 Å². The molecule has 0 aromatic heterocycles. The summed E-state index contributed by atoms with van der Waals surface area (Å²) in [5, 5.41) is 9.49. The van der Waals surface area contributed by atoms with E-state index in [1.165, 1.54) is 12.8 Å². The van der Waals surface area contributed by atoms with Crippen LogP contribution in [0, 0.1) is 12.8 Å². The fourth-order valence-corrected chi connectivity index (χ4v) is 2.58. The zero-order chi connectivity index (χ0) is 14.3. The third-order valence-corrected chi connectivity index (χ3v) is 3.85. The van der Waals surface area contributed by atoms with Crippen molar-refractivity contribution in [2.24, 2.45) is 5.92 Å². The zero-order valence-electron chi connectivity index (χ0n) is 12.4. The number of hydrogen-bond donors (Lipinski definition) is 1. The third kappa shape index (κ3) is 5.06. The van der Waals surface area contributed by atoms with E-state index in [0.717, 1.165) is 30.4 Å². The Bertz CT molecular complexity index is 398. The zero-order valence-corrected chi connectivity index (χ0v) is 12.4. The monoisotopic (exact) mass is 262 g/mol. The Balaban J connectivity index is 2.80. The smallest absolute Gasteiger partial charge is 0.310 e. The van der Waals surface area contributed by atoms with Crippen molar-refractivity contribution in [3.63, 3.8) is 0 Å². The third-order valence-electron chi connectivity index (χ3n) is 3.85. The highest BCUT2D eigenvalue weighted by atomic mass is 16.4. The van der Waals surface area contributed by atoms with Crippen molar-refractivity contribution < 1.29 is 9.90 Å². The van der Waals surface area contributed by atoms with Gasteiger partial charge in [0.15, 0.2) is 0 Å². The molecule has 0 aliphatic heterocycles. The lowest BCUT2D eigenvalue weighted by molar-refractivity contribution is -0.139. The molecule has 2 nitrogen and oxygen atoms in total. The highest BCUT2D eigenvalue weighted by molar-refractivity contribution is 5.76. The van der Waals surface area contributed by atoms with Crippen LogP contribution in [0.25, 0.3) is 0 Å². The highest BCUT2D eigenvalue weighted by Crippen LogP contribution is 2.29. The molecule has 0 radical (unpaired) electrons. The number of benzene rings is 1. The molecule has 1 aromatic rings. The van der Waals surface area contributed by atoms with Crippen LogP contribution in [0.2, 0.25) is 0 Å². The first kappa shape index (κ1) is 15.7. The number of hydrogen-bond acceptors (Lipinski definition) is 1. The van der Waals surface area contributed by atoms with E-state index in [4.69, 9.17) is 0 Å². The molecule has 2 atom stereocenters. The molecule has 1 aromatic carbocycles. The maximum atomic E-state index is 11.5. The molecule has 0 heterocycles. The van der Waals surface area contributed by atoms with Crippen molar-refractivity contribution in [3.8, 4) is 0 Å². The van der Waals surface area contributed by atoms with Gasteiger partial charge in [0, 0.05) is 0 Å². The SMILES string of the molecule is CCCCC(CC)CC(C(=O)O)c1cccc(C)c1. The van der Waals surface area contributed by atoms with Gasteiger partial charge < -0.3 is 5.11 Å². The summed E-state index contributed by atoms with van der Waals surface area (Å²) in [4.78, 5) is 11.5. The lowest BCUT2D eigenvalue weighted by Crippen LogP contribution is -2.16. The molecule has 0 amide bonds. The van der Waals surface area contributed by atoms with Gasteiger partial charge >= 0.3 is 5.97 Å². The Morgan fingerprint density at radius 1 is 1.32 bits per heavy atom. The Kier molecular flexibility index (Phi) is 6.61. The topological polar surface area (TPSA) is 37.3 Å². The summed E-state index contributed by atoms with van der Waals surface area (Å²) in [5.41, 5.74) is 2.08. The van der Waals surface area contributed by atoms with Crippen molar-refractivity contribution in [3.05, 3.63) is 35.4 Å². The van der Waals surface area contributed by atoms with E-state index in [9.17, 15) is 9.90 Å². The average molecular weight is 262 g/mol. The minimum Gasteiger partial charge on any atom is -0.481 e. The van der Waals surface area contributed by atoms with Crippen LogP contribution in [0.3, 0.4) is 0 Å². The molecule has 0 saturated heterocycles. The molecule has 106 valence electrons. The first-order valence-corrected chi connectivity index (χ1v) is 7.37. The predicted octanol–water partition coefficient (Wildman–Crippen LogP) is 4.77. The number of rotatable bonds is 8. The van der Waals surface area contributed by atoms with Crippen molar-refractivity contribution >= 4 is 5.97 Å². The molecular weight excluding hydrogens is 236 g/mol. The molecule has 0 bridgehead atoms. The molecule has 0 aliphatic rings. The molecule has 0 fully saturated rings. The summed E-state index contributed by atoms with van der Waals surface area (Å²) in [6, 6.07) is 7.91. The van der Waals surface area contributed by atoms with Crippen LogP contribution in [-0.2, 0) is 4.79 Å². The second-order valence-electron chi connectivity index (χ2n) is 5.46. The molecule has 1 rings (SSSR count). The number of carboxylic acids is 1. The molecule has 0 saturated carbocycles. The van der Waals surface area contributed by atoms with Gasteiger partial charge in [-0.1, -0.05) is 69.4 Å². The van der Waals surface area contributed by atoms with Gasteiger partial charge in [-0.3, -0.25) is 4.79 Å². The van der Waals surface area contributed by atoms with Gasteiger partial charge in [0.1, 0.15) is 0 Å². The van der Waals surface area contributed by atoms with Crippen LogP contribution in [0.15, 0.2) is 24.3 Å². The first-order chi connectivity index (χ1) is 9.08. The van der Waals surface area contributed by atoms with Gasteiger partial charge in [-0.25, -0.2) is 0 Å². The van der Waals surface area contributed by atoms with E-state index in [-0.39, 0.29) is 5.92 Å². The number of unbranched alkanes of at least 4 members (excludes halogenated alkanes) is 1. The summed E-state index contributed by atoms with van der Waals surface area (Å²) < 4.78 is 0. The minimum absolute atomic E-state index is 0.360. The number of aryl methyl sites for hydroxylation is 1. The van der Waals surface area contributed by atoms with Crippen molar-refractivity contribution in [2.75, 3.05) is 0 Å². The number of carbonyl (C=O) groups is 1. The summed E-state index contributed by atoms with van der Waals surface area (Å²) in [7, 11) is 0. The molecule has 0 aliphatic carbocycles. The van der Waals surface area contributed by atoms with E-state index < -0.39 is 5.97 Å². The van der Waals surface area contributed by atoms with Crippen LogP contribution in [0.4, 0.5) is 0 Å². The van der Waals surface area contributed by atoms with E-state index in [1.807, 2.05) is 31.2 Å². The molecule has 2 unspecified atom stereocenters. The van der Waals surface area contributed by atoms with Crippen molar-refractivity contribution in [1.82, 2.24) is 0 Å². The Hall–Kier alpha value is -1.31. The second-order valence-corrected chi connectivity index (χ2v) is 5.46. The Morgan fingerprint density at radius 2 is 2.05 bits per heavy atom. The average Bonchev–Trinajstić information content (AvgIpc) is 2.38. The van der Waals surface area contributed by atoms with Crippen LogP contribution in [-0.4, -0.2) is 11.1 Å². The lowest BCUT2D eigenvalue weighted by atomic mass is 9.84. The summed E-state index contributed by atoms with van der Waals surface area (Å²) in [5.74, 6) is -0.538. The van der Waals surface area contributed by atoms with Gasteiger partial charge in [0.2, 0.25) is 0 Å². The van der Waals surface area contributed by atoms with Crippen LogP contribution in [0.1, 0.15) is 63.0 Å². The van der Waals surface area contributed by atoms with Crippen LogP contribution >= 0.6 is 0 Å².